The Morgan fingerprint density at radius 2 is 1.83 bits per heavy atom. The molecule has 0 unspecified atom stereocenters. The average molecular weight is 400 g/mol. The molecule has 6 nitrogen and oxygen atoms in total. The van der Waals surface area contributed by atoms with Crippen molar-refractivity contribution in [2.24, 2.45) is 11.8 Å². The number of amides is 2. The third kappa shape index (κ3) is 3.87. The molecule has 158 valence electrons. The van der Waals surface area contributed by atoms with E-state index in [0.717, 1.165) is 45.6 Å². The van der Waals surface area contributed by atoms with Crippen molar-refractivity contribution in [2.75, 3.05) is 39.3 Å². The van der Waals surface area contributed by atoms with E-state index in [-0.39, 0.29) is 18.0 Å². The molecule has 0 radical (unpaired) electrons. The Balaban J connectivity index is 1.44. The fraction of sp³-hybridized carbons (Fsp3) is 0.652. The van der Waals surface area contributed by atoms with Crippen LogP contribution in [0.25, 0.3) is 0 Å². The van der Waals surface area contributed by atoms with Crippen LogP contribution in [0.4, 0.5) is 4.79 Å². The lowest BCUT2D eigenvalue weighted by atomic mass is 9.87. The van der Waals surface area contributed by atoms with Gasteiger partial charge in [-0.25, -0.2) is 4.79 Å². The Morgan fingerprint density at radius 1 is 1.10 bits per heavy atom. The Morgan fingerprint density at radius 3 is 2.48 bits per heavy atom. The van der Waals surface area contributed by atoms with E-state index >= 15 is 0 Å². The summed E-state index contributed by atoms with van der Waals surface area (Å²) < 4.78 is 5.15. The number of rotatable bonds is 3. The highest BCUT2D eigenvalue weighted by Crippen LogP contribution is 2.46. The first-order chi connectivity index (χ1) is 14.0. The van der Waals surface area contributed by atoms with Gasteiger partial charge in [0.15, 0.2) is 0 Å². The number of carbonyl (C=O) groups excluding carboxylic acids is 2. The van der Waals surface area contributed by atoms with Crippen molar-refractivity contribution in [3.05, 3.63) is 35.4 Å². The van der Waals surface area contributed by atoms with Gasteiger partial charge in [-0.2, -0.15) is 0 Å². The molecule has 3 saturated heterocycles. The first-order valence-electron chi connectivity index (χ1n) is 11.0. The van der Waals surface area contributed by atoms with Gasteiger partial charge in [-0.05, 0) is 43.7 Å². The minimum Gasteiger partial charge on any atom is -0.450 e. The number of likely N-dealkylation sites (tertiary alicyclic amines) is 3. The molecule has 0 bridgehead atoms. The lowest BCUT2D eigenvalue weighted by molar-refractivity contribution is -0.130. The molecule has 3 heterocycles. The third-order valence-corrected chi connectivity index (χ3v) is 7.11. The summed E-state index contributed by atoms with van der Waals surface area (Å²) in [5, 5.41) is 0. The summed E-state index contributed by atoms with van der Waals surface area (Å²) >= 11 is 0. The summed E-state index contributed by atoms with van der Waals surface area (Å²) in [7, 11) is 0. The first-order valence-corrected chi connectivity index (χ1v) is 11.0. The predicted molar refractivity (Wildman–Crippen MR) is 111 cm³/mol. The van der Waals surface area contributed by atoms with E-state index in [0.29, 0.717) is 24.5 Å². The van der Waals surface area contributed by atoms with Crippen LogP contribution in [0.2, 0.25) is 0 Å². The van der Waals surface area contributed by atoms with Gasteiger partial charge in [0.2, 0.25) is 5.91 Å². The number of hydrogen-bond acceptors (Lipinski definition) is 4. The van der Waals surface area contributed by atoms with Crippen molar-refractivity contribution in [2.45, 2.75) is 45.7 Å². The molecular formula is C23H33N3O3. The van der Waals surface area contributed by atoms with Crippen molar-refractivity contribution in [3.63, 3.8) is 0 Å². The van der Waals surface area contributed by atoms with Gasteiger partial charge < -0.3 is 14.5 Å². The zero-order valence-corrected chi connectivity index (χ0v) is 17.8. The molecule has 3 aliphatic rings. The summed E-state index contributed by atoms with van der Waals surface area (Å²) in [5.41, 5.74) is 2.57. The fourth-order valence-electron chi connectivity index (χ4n) is 5.65. The van der Waals surface area contributed by atoms with Crippen LogP contribution in [0, 0.1) is 18.8 Å². The number of fused-ring (bicyclic) bond motifs is 1. The van der Waals surface area contributed by atoms with Crippen molar-refractivity contribution in [1.29, 1.82) is 0 Å². The van der Waals surface area contributed by atoms with Gasteiger partial charge >= 0.3 is 6.09 Å². The van der Waals surface area contributed by atoms with Gasteiger partial charge in [0.25, 0.3) is 0 Å². The SMILES string of the molecule is CCOC(=O)N1CCC(N2C[C@@H]3CN(C(C)=O)[C@@H](c4ccccc4C)[C@@H]3C2)CC1. The smallest absolute Gasteiger partial charge is 0.409 e. The largest absolute Gasteiger partial charge is 0.450 e. The van der Waals surface area contributed by atoms with Gasteiger partial charge in [0.1, 0.15) is 0 Å². The van der Waals surface area contributed by atoms with Crippen LogP contribution >= 0.6 is 0 Å². The summed E-state index contributed by atoms with van der Waals surface area (Å²) in [6.07, 6.45) is 1.83. The first kappa shape index (κ1) is 20.2. The monoisotopic (exact) mass is 399 g/mol. The lowest BCUT2D eigenvalue weighted by Crippen LogP contribution is -2.47. The molecule has 29 heavy (non-hydrogen) atoms. The molecule has 0 aliphatic carbocycles. The Labute approximate surface area is 173 Å². The molecule has 6 heteroatoms. The molecule has 0 N–H and O–H groups in total. The van der Waals surface area contributed by atoms with Gasteiger partial charge in [0.05, 0.1) is 12.6 Å². The van der Waals surface area contributed by atoms with E-state index in [9.17, 15) is 9.59 Å². The predicted octanol–water partition coefficient (Wildman–Crippen LogP) is 3.07. The topological polar surface area (TPSA) is 53.1 Å². The number of carbonyl (C=O) groups is 2. The van der Waals surface area contributed by atoms with Gasteiger partial charge in [0, 0.05) is 51.6 Å². The molecule has 1 aromatic carbocycles. The van der Waals surface area contributed by atoms with E-state index in [1.165, 1.54) is 11.1 Å². The second-order valence-corrected chi connectivity index (χ2v) is 8.77. The summed E-state index contributed by atoms with van der Waals surface area (Å²) in [6, 6.07) is 9.21. The maximum atomic E-state index is 12.4. The van der Waals surface area contributed by atoms with Gasteiger partial charge in [-0.15, -0.1) is 0 Å². The van der Waals surface area contributed by atoms with Crippen LogP contribution in [0.3, 0.4) is 0 Å². The van der Waals surface area contributed by atoms with Crippen LogP contribution in [-0.4, -0.2) is 72.1 Å². The van der Waals surface area contributed by atoms with Crippen molar-refractivity contribution >= 4 is 12.0 Å². The molecule has 2 amide bonds. The summed E-state index contributed by atoms with van der Waals surface area (Å²) in [5.74, 6) is 1.21. The average Bonchev–Trinajstić information content (AvgIpc) is 3.27. The number of benzene rings is 1. The highest BCUT2D eigenvalue weighted by Gasteiger charge is 2.50. The minimum atomic E-state index is -0.180. The van der Waals surface area contributed by atoms with E-state index < -0.39 is 0 Å². The van der Waals surface area contributed by atoms with Crippen molar-refractivity contribution in [1.82, 2.24) is 14.7 Å². The number of ether oxygens (including phenoxy) is 1. The van der Waals surface area contributed by atoms with Crippen LogP contribution in [0.1, 0.15) is 43.9 Å². The molecule has 0 aromatic heterocycles. The van der Waals surface area contributed by atoms with E-state index in [1.54, 1.807) is 6.92 Å². The van der Waals surface area contributed by atoms with Crippen LogP contribution in [0.15, 0.2) is 24.3 Å². The van der Waals surface area contributed by atoms with Gasteiger partial charge in [-0.1, -0.05) is 24.3 Å². The Kier molecular flexibility index (Phi) is 5.81. The summed E-state index contributed by atoms with van der Waals surface area (Å²) in [6.45, 7) is 10.6. The molecule has 4 rings (SSSR count). The molecule has 0 saturated carbocycles. The number of nitrogens with zero attached hydrogens (tertiary/aromatic N) is 3. The molecule has 0 spiro atoms. The van der Waals surface area contributed by atoms with Crippen LogP contribution in [-0.2, 0) is 9.53 Å². The minimum absolute atomic E-state index is 0.180. The lowest BCUT2D eigenvalue weighted by Gasteiger charge is -2.37. The zero-order valence-electron chi connectivity index (χ0n) is 17.8. The molecule has 3 fully saturated rings. The fourth-order valence-corrected chi connectivity index (χ4v) is 5.65. The van der Waals surface area contributed by atoms with E-state index in [4.69, 9.17) is 4.74 Å². The normalized spacial score (nSPS) is 27.9. The van der Waals surface area contributed by atoms with Crippen LogP contribution in [0.5, 0.6) is 0 Å². The second-order valence-electron chi connectivity index (χ2n) is 8.77. The molecular weight excluding hydrogens is 366 g/mol. The standard InChI is InChI=1S/C23H33N3O3/c1-4-29-23(28)24-11-9-19(10-12-24)25-13-18-14-26(17(3)27)22(21(18)15-25)20-8-6-5-7-16(20)2/h5-8,18-19,21-22H,4,9-15H2,1-3H3/t18-,21-,22+/m1/s1. The van der Waals surface area contributed by atoms with E-state index in [1.807, 2.05) is 11.8 Å². The molecule has 1 aromatic rings. The van der Waals surface area contributed by atoms with Crippen molar-refractivity contribution < 1.29 is 14.3 Å². The maximum absolute atomic E-state index is 12.4. The van der Waals surface area contributed by atoms with Crippen LogP contribution < -0.4 is 0 Å². The van der Waals surface area contributed by atoms with Crippen molar-refractivity contribution in [3.8, 4) is 0 Å². The number of piperidine rings is 1. The molecule has 3 atom stereocenters. The number of hydrogen-bond donors (Lipinski definition) is 0. The zero-order chi connectivity index (χ0) is 20.5. The quantitative estimate of drug-likeness (QED) is 0.784. The highest BCUT2D eigenvalue weighted by atomic mass is 16.6. The second kappa shape index (κ2) is 8.34. The van der Waals surface area contributed by atoms with E-state index in [2.05, 4.69) is 41.0 Å². The highest BCUT2D eigenvalue weighted by molar-refractivity contribution is 5.74. The Hall–Kier alpha value is -2.08. The molecule has 3 aliphatic heterocycles. The maximum Gasteiger partial charge on any atom is 0.409 e. The number of aryl methyl sites for hydroxylation is 1. The Bertz CT molecular complexity index is 759. The van der Waals surface area contributed by atoms with Gasteiger partial charge in [-0.3, -0.25) is 9.69 Å². The third-order valence-electron chi connectivity index (χ3n) is 7.11. The summed E-state index contributed by atoms with van der Waals surface area (Å²) in [4.78, 5) is 30.9.